The molecule has 1 heterocycles. The summed E-state index contributed by atoms with van der Waals surface area (Å²) in [7, 11) is -4.28. The molecular weight excluding hydrogens is 384 g/mol. The van der Waals surface area contributed by atoms with Crippen LogP contribution in [0.4, 0.5) is 17.6 Å². The average molecular weight is 405 g/mol. The molecule has 1 N–H and O–H groups in total. The largest absolute Gasteiger partial charge is 0.416 e. The van der Waals surface area contributed by atoms with Crippen LogP contribution in [0.5, 0.6) is 0 Å². The third-order valence-electron chi connectivity index (χ3n) is 4.13. The molecular formula is C15H21ClF4N2O2S. The fraction of sp³-hybridized carbons (Fsp3) is 0.600. The van der Waals surface area contributed by atoms with Crippen molar-refractivity contribution in [2.45, 2.75) is 30.8 Å². The average Bonchev–Trinajstić information content (AvgIpc) is 2.52. The summed E-state index contributed by atoms with van der Waals surface area (Å²) >= 11 is 0. The number of hydrogen-bond acceptors (Lipinski definition) is 3. The molecule has 0 aromatic heterocycles. The minimum Gasteiger partial charge on any atom is -0.317 e. The highest BCUT2D eigenvalue weighted by Gasteiger charge is 2.36. The first-order valence-corrected chi connectivity index (χ1v) is 9.18. The summed E-state index contributed by atoms with van der Waals surface area (Å²) in [4.78, 5) is -0.914. The van der Waals surface area contributed by atoms with Gasteiger partial charge in [0.2, 0.25) is 10.0 Å². The van der Waals surface area contributed by atoms with E-state index in [-0.39, 0.29) is 25.5 Å². The lowest BCUT2D eigenvalue weighted by Crippen LogP contribution is -2.41. The van der Waals surface area contributed by atoms with E-state index in [0.717, 1.165) is 17.4 Å². The lowest BCUT2D eigenvalue weighted by Gasteiger charge is -2.31. The summed E-state index contributed by atoms with van der Waals surface area (Å²) in [6.45, 7) is 3.90. The Morgan fingerprint density at radius 3 is 2.36 bits per heavy atom. The molecule has 1 aliphatic rings. The molecule has 0 saturated carbocycles. The molecule has 1 aliphatic heterocycles. The van der Waals surface area contributed by atoms with Gasteiger partial charge in [0.05, 0.1) is 5.56 Å². The summed E-state index contributed by atoms with van der Waals surface area (Å²) in [5.41, 5.74) is -1.18. The Bertz CT molecular complexity index is 675. The van der Waals surface area contributed by atoms with Crippen molar-refractivity contribution in [2.24, 2.45) is 5.92 Å². The first-order chi connectivity index (χ1) is 11.2. The van der Waals surface area contributed by atoms with Crippen LogP contribution in [0.2, 0.25) is 0 Å². The normalized spacial score (nSPS) is 17.3. The van der Waals surface area contributed by atoms with Crippen LogP contribution in [0.25, 0.3) is 0 Å². The summed E-state index contributed by atoms with van der Waals surface area (Å²) in [5.74, 6) is -0.861. The van der Waals surface area contributed by atoms with Crippen LogP contribution in [0, 0.1) is 11.7 Å². The van der Waals surface area contributed by atoms with E-state index in [1.807, 2.05) is 6.92 Å². The van der Waals surface area contributed by atoms with Gasteiger partial charge in [0.25, 0.3) is 0 Å². The molecule has 1 aromatic rings. The number of benzene rings is 1. The summed E-state index contributed by atoms with van der Waals surface area (Å²) < 4.78 is 78.2. The van der Waals surface area contributed by atoms with Gasteiger partial charge in [-0.05, 0) is 50.0 Å². The molecule has 0 aliphatic carbocycles. The second kappa shape index (κ2) is 8.66. The fourth-order valence-corrected chi connectivity index (χ4v) is 4.28. The minimum absolute atomic E-state index is 0. The first-order valence-electron chi connectivity index (χ1n) is 7.74. The van der Waals surface area contributed by atoms with Gasteiger partial charge in [0, 0.05) is 13.1 Å². The maximum absolute atomic E-state index is 13.9. The van der Waals surface area contributed by atoms with Crippen LogP contribution in [0.1, 0.15) is 25.3 Å². The Kier molecular flexibility index (Phi) is 7.67. The molecule has 1 saturated heterocycles. The van der Waals surface area contributed by atoms with E-state index in [1.54, 1.807) is 0 Å². The number of halogens is 5. The Labute approximate surface area is 151 Å². The van der Waals surface area contributed by atoms with Crippen molar-refractivity contribution in [1.82, 2.24) is 9.62 Å². The lowest BCUT2D eigenvalue weighted by molar-refractivity contribution is -0.137. The van der Waals surface area contributed by atoms with Gasteiger partial charge in [0.1, 0.15) is 10.7 Å². The smallest absolute Gasteiger partial charge is 0.317 e. The minimum atomic E-state index is -4.73. The number of alkyl halides is 3. The van der Waals surface area contributed by atoms with E-state index in [0.29, 0.717) is 37.0 Å². The van der Waals surface area contributed by atoms with Crippen LogP contribution in [-0.4, -0.2) is 38.9 Å². The molecule has 0 amide bonds. The molecule has 0 bridgehead atoms. The van der Waals surface area contributed by atoms with Gasteiger partial charge in [0.15, 0.2) is 0 Å². The van der Waals surface area contributed by atoms with E-state index >= 15 is 0 Å². The van der Waals surface area contributed by atoms with Gasteiger partial charge >= 0.3 is 6.18 Å². The number of piperidine rings is 1. The van der Waals surface area contributed by atoms with E-state index < -0.39 is 32.5 Å². The van der Waals surface area contributed by atoms with Crippen LogP contribution in [0.3, 0.4) is 0 Å². The summed E-state index contributed by atoms with van der Waals surface area (Å²) in [6.07, 6.45) is -3.55. The Hall–Kier alpha value is -0.900. The maximum atomic E-state index is 13.9. The van der Waals surface area contributed by atoms with Gasteiger partial charge in [-0.25, -0.2) is 12.8 Å². The van der Waals surface area contributed by atoms with Crippen LogP contribution < -0.4 is 5.32 Å². The van der Waals surface area contributed by atoms with Crippen LogP contribution in [0.15, 0.2) is 23.1 Å². The van der Waals surface area contributed by atoms with Crippen molar-refractivity contribution in [3.05, 3.63) is 29.6 Å². The van der Waals surface area contributed by atoms with Crippen molar-refractivity contribution in [3.63, 3.8) is 0 Å². The van der Waals surface area contributed by atoms with Crippen molar-refractivity contribution < 1.29 is 26.0 Å². The van der Waals surface area contributed by atoms with Gasteiger partial charge in [-0.1, -0.05) is 6.92 Å². The Balaban J connectivity index is 0.00000312. The molecule has 0 radical (unpaired) electrons. The molecule has 4 nitrogen and oxygen atoms in total. The van der Waals surface area contributed by atoms with E-state index in [1.165, 1.54) is 0 Å². The number of sulfonamides is 1. The van der Waals surface area contributed by atoms with Crippen molar-refractivity contribution >= 4 is 22.4 Å². The van der Waals surface area contributed by atoms with Crippen molar-refractivity contribution in [1.29, 1.82) is 0 Å². The van der Waals surface area contributed by atoms with Crippen LogP contribution >= 0.6 is 12.4 Å². The molecule has 0 unspecified atom stereocenters. The zero-order valence-electron chi connectivity index (χ0n) is 13.6. The highest BCUT2D eigenvalue weighted by atomic mass is 35.5. The number of hydrogen-bond donors (Lipinski definition) is 1. The molecule has 144 valence electrons. The second-order valence-corrected chi connectivity index (χ2v) is 7.70. The van der Waals surface area contributed by atoms with Gasteiger partial charge < -0.3 is 5.32 Å². The van der Waals surface area contributed by atoms with Gasteiger partial charge in [-0.2, -0.15) is 17.5 Å². The summed E-state index contributed by atoms with van der Waals surface area (Å²) in [6, 6.07) is 1.46. The number of rotatable bonds is 5. The SMILES string of the molecule is CCNCC1CCN(S(=O)(=O)c2cc(C(F)(F)F)ccc2F)CC1.Cl. The predicted molar refractivity (Wildman–Crippen MR) is 88.7 cm³/mol. The molecule has 0 spiro atoms. The quantitative estimate of drug-likeness (QED) is 0.766. The molecule has 0 atom stereocenters. The van der Waals surface area contributed by atoms with Gasteiger partial charge in [-0.15, -0.1) is 12.4 Å². The van der Waals surface area contributed by atoms with E-state index in [2.05, 4.69) is 5.32 Å². The fourth-order valence-electron chi connectivity index (χ4n) is 2.72. The van der Waals surface area contributed by atoms with Gasteiger partial charge in [-0.3, -0.25) is 0 Å². The zero-order chi connectivity index (χ0) is 18.0. The second-order valence-electron chi connectivity index (χ2n) is 5.80. The lowest BCUT2D eigenvalue weighted by atomic mass is 9.98. The Morgan fingerprint density at radius 1 is 1.24 bits per heavy atom. The zero-order valence-corrected chi connectivity index (χ0v) is 15.3. The van der Waals surface area contributed by atoms with Crippen molar-refractivity contribution in [2.75, 3.05) is 26.2 Å². The van der Waals surface area contributed by atoms with Crippen LogP contribution in [-0.2, 0) is 16.2 Å². The summed E-state index contributed by atoms with van der Waals surface area (Å²) in [5, 5.41) is 3.18. The Morgan fingerprint density at radius 2 is 1.84 bits per heavy atom. The third kappa shape index (κ3) is 5.29. The third-order valence-corrected chi connectivity index (χ3v) is 6.05. The topological polar surface area (TPSA) is 49.4 Å². The first kappa shape index (κ1) is 22.1. The molecule has 10 heteroatoms. The standard InChI is InChI=1S/C15H20F4N2O2S.ClH/c1-2-20-10-11-5-7-21(8-6-11)24(22,23)14-9-12(15(17,18)19)3-4-13(14)16;/h3-4,9,11,20H,2,5-8,10H2,1H3;1H. The van der Waals surface area contributed by atoms with E-state index in [4.69, 9.17) is 0 Å². The monoisotopic (exact) mass is 404 g/mol. The predicted octanol–water partition coefficient (Wildman–Crippen LogP) is 3.28. The maximum Gasteiger partial charge on any atom is 0.416 e. The highest BCUT2D eigenvalue weighted by Crippen LogP contribution is 2.33. The molecule has 25 heavy (non-hydrogen) atoms. The molecule has 2 rings (SSSR count). The molecule has 1 fully saturated rings. The highest BCUT2D eigenvalue weighted by molar-refractivity contribution is 7.89. The number of nitrogens with zero attached hydrogens (tertiary/aromatic N) is 1. The van der Waals surface area contributed by atoms with Crippen molar-refractivity contribution in [3.8, 4) is 0 Å². The van der Waals surface area contributed by atoms with E-state index in [9.17, 15) is 26.0 Å². The number of nitrogens with one attached hydrogen (secondary N) is 1. The molecule has 1 aromatic carbocycles.